The summed E-state index contributed by atoms with van der Waals surface area (Å²) in [6.45, 7) is 11.1. The molecule has 1 heterocycles. The van der Waals surface area contributed by atoms with E-state index in [0.717, 1.165) is 32.5 Å². The van der Waals surface area contributed by atoms with Crippen molar-refractivity contribution in [3.63, 3.8) is 0 Å². The number of carbonyl (C=O) groups is 1. The Morgan fingerprint density at radius 3 is 2.53 bits per heavy atom. The molecular weight excluding hydrogens is 188 g/mol. The number of amides is 1. The summed E-state index contributed by atoms with van der Waals surface area (Å²) in [5.41, 5.74) is -0.210. The summed E-state index contributed by atoms with van der Waals surface area (Å²) in [6, 6.07) is 0.410. The number of hydrogen-bond acceptors (Lipinski definition) is 2. The van der Waals surface area contributed by atoms with Gasteiger partial charge in [-0.1, -0.05) is 20.8 Å². The molecule has 3 nitrogen and oxygen atoms in total. The molecule has 0 aliphatic carbocycles. The van der Waals surface area contributed by atoms with Crippen molar-refractivity contribution in [1.29, 1.82) is 0 Å². The summed E-state index contributed by atoms with van der Waals surface area (Å²) in [6.07, 6.45) is 2.00. The lowest BCUT2D eigenvalue weighted by Crippen LogP contribution is -2.47. The smallest absolute Gasteiger partial charge is 0.228 e. The molecule has 1 amide bonds. The van der Waals surface area contributed by atoms with Crippen LogP contribution < -0.4 is 5.32 Å². The van der Waals surface area contributed by atoms with Crippen LogP contribution in [-0.4, -0.2) is 36.5 Å². The van der Waals surface area contributed by atoms with Gasteiger partial charge in [0.2, 0.25) is 5.91 Å². The Bertz CT molecular complexity index is 220. The maximum absolute atomic E-state index is 12.3. The van der Waals surface area contributed by atoms with Crippen LogP contribution in [0.5, 0.6) is 0 Å². The average Bonchev–Trinajstić information content (AvgIpc) is 2.72. The topological polar surface area (TPSA) is 32.3 Å². The molecule has 0 aromatic rings. The normalized spacial score (nSPS) is 21.7. The Morgan fingerprint density at radius 1 is 1.47 bits per heavy atom. The van der Waals surface area contributed by atoms with Gasteiger partial charge < -0.3 is 10.2 Å². The van der Waals surface area contributed by atoms with Crippen LogP contribution in [0.3, 0.4) is 0 Å². The third-order valence-corrected chi connectivity index (χ3v) is 3.54. The number of likely N-dealkylation sites (N-methyl/N-ethyl adjacent to an activating group) is 1. The van der Waals surface area contributed by atoms with Crippen LogP contribution in [-0.2, 0) is 4.79 Å². The van der Waals surface area contributed by atoms with E-state index >= 15 is 0 Å². The Kier molecular flexibility index (Phi) is 4.14. The summed E-state index contributed by atoms with van der Waals surface area (Å²) in [5, 5.41) is 3.32. The predicted octanol–water partition coefficient (Wildman–Crippen LogP) is 1.63. The fraction of sp³-hybridized carbons (Fsp3) is 0.917. The quantitative estimate of drug-likeness (QED) is 0.768. The van der Waals surface area contributed by atoms with Crippen molar-refractivity contribution in [2.75, 3.05) is 19.6 Å². The Labute approximate surface area is 93.2 Å². The fourth-order valence-corrected chi connectivity index (χ4v) is 2.01. The molecule has 0 radical (unpaired) electrons. The van der Waals surface area contributed by atoms with E-state index in [-0.39, 0.29) is 5.41 Å². The Hall–Kier alpha value is -0.570. The number of carbonyl (C=O) groups excluding carboxylic acids is 1. The second-order valence-electron chi connectivity index (χ2n) is 4.98. The van der Waals surface area contributed by atoms with E-state index in [0.29, 0.717) is 11.9 Å². The minimum absolute atomic E-state index is 0.210. The predicted molar refractivity (Wildman–Crippen MR) is 62.7 cm³/mol. The first-order valence-electron chi connectivity index (χ1n) is 6.04. The van der Waals surface area contributed by atoms with E-state index in [2.05, 4.69) is 19.2 Å². The minimum atomic E-state index is -0.210. The Balaban J connectivity index is 2.69. The number of hydrogen-bond donors (Lipinski definition) is 1. The van der Waals surface area contributed by atoms with Crippen LogP contribution in [0.4, 0.5) is 0 Å². The van der Waals surface area contributed by atoms with Crippen molar-refractivity contribution < 1.29 is 4.79 Å². The second-order valence-corrected chi connectivity index (χ2v) is 4.98. The van der Waals surface area contributed by atoms with Crippen LogP contribution in [0.15, 0.2) is 0 Å². The van der Waals surface area contributed by atoms with Crippen molar-refractivity contribution in [1.82, 2.24) is 10.2 Å². The molecule has 0 spiro atoms. The number of nitrogens with zero attached hydrogens (tertiary/aromatic N) is 1. The van der Waals surface area contributed by atoms with Gasteiger partial charge in [-0.25, -0.2) is 0 Å². The first-order chi connectivity index (χ1) is 7.03. The maximum Gasteiger partial charge on any atom is 0.228 e. The van der Waals surface area contributed by atoms with Gasteiger partial charge in [0.1, 0.15) is 0 Å². The number of rotatable bonds is 4. The van der Waals surface area contributed by atoms with Gasteiger partial charge in [-0.15, -0.1) is 0 Å². The molecule has 1 fully saturated rings. The molecule has 1 saturated heterocycles. The molecule has 88 valence electrons. The zero-order valence-corrected chi connectivity index (χ0v) is 10.5. The summed E-state index contributed by atoms with van der Waals surface area (Å²) in [4.78, 5) is 14.4. The Morgan fingerprint density at radius 2 is 2.13 bits per heavy atom. The van der Waals surface area contributed by atoms with E-state index in [4.69, 9.17) is 0 Å². The summed E-state index contributed by atoms with van der Waals surface area (Å²) >= 11 is 0. The minimum Gasteiger partial charge on any atom is -0.338 e. The lowest BCUT2D eigenvalue weighted by atomic mass is 9.88. The van der Waals surface area contributed by atoms with E-state index in [1.807, 2.05) is 18.7 Å². The molecule has 1 atom stereocenters. The van der Waals surface area contributed by atoms with Crippen LogP contribution in [0.1, 0.15) is 40.5 Å². The van der Waals surface area contributed by atoms with Gasteiger partial charge in [-0.05, 0) is 26.3 Å². The molecule has 3 heteroatoms. The molecule has 1 N–H and O–H groups in total. The van der Waals surface area contributed by atoms with Gasteiger partial charge in [0.05, 0.1) is 0 Å². The molecule has 1 unspecified atom stereocenters. The van der Waals surface area contributed by atoms with Crippen LogP contribution in [0.25, 0.3) is 0 Å². The lowest BCUT2D eigenvalue weighted by Gasteiger charge is -2.34. The van der Waals surface area contributed by atoms with E-state index in [1.165, 1.54) is 0 Å². The molecule has 1 rings (SSSR count). The van der Waals surface area contributed by atoms with Gasteiger partial charge in [0, 0.05) is 24.5 Å². The molecular formula is C12H24N2O. The average molecular weight is 212 g/mol. The van der Waals surface area contributed by atoms with E-state index in [9.17, 15) is 4.79 Å². The molecule has 0 bridgehead atoms. The second kappa shape index (κ2) is 4.97. The molecule has 0 saturated carbocycles. The van der Waals surface area contributed by atoms with Crippen molar-refractivity contribution in [3.8, 4) is 0 Å². The first-order valence-corrected chi connectivity index (χ1v) is 6.04. The molecule has 0 aromatic heterocycles. The first kappa shape index (κ1) is 12.5. The standard InChI is InChI=1S/C12H24N2O/c1-5-12(3,4)11(15)14(6-2)10-7-8-13-9-10/h10,13H,5-9H2,1-4H3. The molecule has 1 aliphatic rings. The van der Waals surface area contributed by atoms with Gasteiger partial charge in [0.15, 0.2) is 0 Å². The highest BCUT2D eigenvalue weighted by Crippen LogP contribution is 2.25. The highest BCUT2D eigenvalue weighted by Gasteiger charge is 2.34. The zero-order chi connectivity index (χ0) is 11.5. The van der Waals surface area contributed by atoms with Crippen molar-refractivity contribution >= 4 is 5.91 Å². The maximum atomic E-state index is 12.3. The summed E-state index contributed by atoms with van der Waals surface area (Å²) < 4.78 is 0. The largest absolute Gasteiger partial charge is 0.338 e. The molecule has 0 aromatic carbocycles. The van der Waals surface area contributed by atoms with Crippen LogP contribution in [0, 0.1) is 5.41 Å². The molecule has 1 aliphatic heterocycles. The summed E-state index contributed by atoms with van der Waals surface area (Å²) in [7, 11) is 0. The van der Waals surface area contributed by atoms with Gasteiger partial charge in [-0.3, -0.25) is 4.79 Å². The van der Waals surface area contributed by atoms with E-state index < -0.39 is 0 Å². The third-order valence-electron chi connectivity index (χ3n) is 3.54. The van der Waals surface area contributed by atoms with E-state index in [1.54, 1.807) is 0 Å². The van der Waals surface area contributed by atoms with Gasteiger partial charge >= 0.3 is 0 Å². The van der Waals surface area contributed by atoms with Crippen molar-refractivity contribution in [3.05, 3.63) is 0 Å². The van der Waals surface area contributed by atoms with Gasteiger partial charge in [0.25, 0.3) is 0 Å². The SMILES string of the molecule is CCN(C(=O)C(C)(C)CC)C1CCNC1. The van der Waals surface area contributed by atoms with Gasteiger partial charge in [-0.2, -0.15) is 0 Å². The highest BCUT2D eigenvalue weighted by molar-refractivity contribution is 5.82. The number of nitrogens with one attached hydrogen (secondary N) is 1. The third kappa shape index (κ3) is 2.71. The van der Waals surface area contributed by atoms with Crippen LogP contribution >= 0.6 is 0 Å². The molecule has 15 heavy (non-hydrogen) atoms. The summed E-state index contributed by atoms with van der Waals surface area (Å²) in [5.74, 6) is 0.307. The lowest BCUT2D eigenvalue weighted by molar-refractivity contribution is -0.142. The zero-order valence-electron chi connectivity index (χ0n) is 10.5. The van der Waals surface area contributed by atoms with Crippen LogP contribution in [0.2, 0.25) is 0 Å². The monoisotopic (exact) mass is 212 g/mol. The fourth-order valence-electron chi connectivity index (χ4n) is 2.01. The van der Waals surface area contributed by atoms with Crippen molar-refractivity contribution in [2.24, 2.45) is 5.41 Å². The van der Waals surface area contributed by atoms with Crippen molar-refractivity contribution in [2.45, 2.75) is 46.6 Å². The highest BCUT2D eigenvalue weighted by atomic mass is 16.2.